The van der Waals surface area contributed by atoms with Gasteiger partial charge in [0.2, 0.25) is 0 Å². The van der Waals surface area contributed by atoms with E-state index in [0.29, 0.717) is 0 Å². The molecular formula is C14H15NO. The van der Waals surface area contributed by atoms with Crippen molar-refractivity contribution in [3.05, 3.63) is 48.0 Å². The van der Waals surface area contributed by atoms with E-state index in [1.54, 1.807) is 0 Å². The van der Waals surface area contributed by atoms with Crippen LogP contribution in [0.25, 0.3) is 10.8 Å². The summed E-state index contributed by atoms with van der Waals surface area (Å²) in [7, 11) is 0. The van der Waals surface area contributed by atoms with Crippen LogP contribution in [0, 0.1) is 0 Å². The van der Waals surface area contributed by atoms with Crippen LogP contribution < -0.4 is 5.32 Å². The molecule has 2 aromatic carbocycles. The van der Waals surface area contributed by atoms with Crippen LogP contribution in [0.1, 0.15) is 11.7 Å². The second-order valence-electron chi connectivity index (χ2n) is 4.17. The SMILES string of the molecule is c1ccc2cc(C3CNCCO3)ccc2c1. The fourth-order valence-corrected chi connectivity index (χ4v) is 2.19. The minimum atomic E-state index is 0.207. The Morgan fingerprint density at radius 2 is 1.94 bits per heavy atom. The average Bonchev–Trinajstić information content (AvgIpc) is 2.39. The molecule has 0 radical (unpaired) electrons. The summed E-state index contributed by atoms with van der Waals surface area (Å²) in [6.07, 6.45) is 0.207. The standard InChI is InChI=1S/C14H15NO/c1-2-4-12-9-13(6-5-11(12)3-1)14-10-15-7-8-16-14/h1-6,9,14-15H,7-8,10H2. The van der Waals surface area contributed by atoms with Crippen molar-refractivity contribution in [1.82, 2.24) is 5.32 Å². The van der Waals surface area contributed by atoms with Crippen molar-refractivity contribution in [2.24, 2.45) is 0 Å². The molecule has 1 saturated heterocycles. The molecule has 16 heavy (non-hydrogen) atoms. The first-order valence-corrected chi connectivity index (χ1v) is 5.74. The van der Waals surface area contributed by atoms with Crippen molar-refractivity contribution in [3.63, 3.8) is 0 Å². The van der Waals surface area contributed by atoms with Crippen molar-refractivity contribution < 1.29 is 4.74 Å². The normalized spacial score (nSPS) is 21.1. The molecule has 1 N–H and O–H groups in total. The van der Waals surface area contributed by atoms with Crippen LogP contribution in [0.2, 0.25) is 0 Å². The molecule has 0 saturated carbocycles. The van der Waals surface area contributed by atoms with E-state index in [1.807, 2.05) is 0 Å². The third kappa shape index (κ3) is 1.82. The second kappa shape index (κ2) is 4.24. The Kier molecular flexibility index (Phi) is 2.60. The van der Waals surface area contributed by atoms with Gasteiger partial charge in [-0.05, 0) is 22.4 Å². The fraction of sp³-hybridized carbons (Fsp3) is 0.286. The first-order chi connectivity index (χ1) is 7.93. The summed E-state index contributed by atoms with van der Waals surface area (Å²) < 4.78 is 5.75. The van der Waals surface area contributed by atoms with Crippen LogP contribution in [0.3, 0.4) is 0 Å². The van der Waals surface area contributed by atoms with Crippen LogP contribution in [-0.2, 0) is 4.74 Å². The van der Waals surface area contributed by atoms with Crippen molar-refractivity contribution in [3.8, 4) is 0 Å². The Balaban J connectivity index is 1.97. The van der Waals surface area contributed by atoms with Crippen LogP contribution >= 0.6 is 0 Å². The van der Waals surface area contributed by atoms with Crippen LogP contribution in [-0.4, -0.2) is 19.7 Å². The molecule has 1 aliphatic rings. The lowest BCUT2D eigenvalue weighted by molar-refractivity contribution is 0.0278. The van der Waals surface area contributed by atoms with E-state index < -0.39 is 0 Å². The lowest BCUT2D eigenvalue weighted by Crippen LogP contribution is -2.33. The maximum atomic E-state index is 5.75. The summed E-state index contributed by atoms with van der Waals surface area (Å²) in [5.74, 6) is 0. The molecule has 1 unspecified atom stereocenters. The highest BCUT2D eigenvalue weighted by Gasteiger charge is 2.15. The molecule has 0 bridgehead atoms. The summed E-state index contributed by atoms with van der Waals surface area (Å²) in [5.41, 5.74) is 1.27. The monoisotopic (exact) mass is 213 g/mol. The Hall–Kier alpha value is -1.38. The maximum absolute atomic E-state index is 5.75. The number of rotatable bonds is 1. The maximum Gasteiger partial charge on any atom is 0.0950 e. The molecule has 1 aliphatic heterocycles. The first kappa shape index (κ1) is 9.82. The van der Waals surface area contributed by atoms with E-state index in [4.69, 9.17) is 4.74 Å². The number of fused-ring (bicyclic) bond motifs is 1. The second-order valence-corrected chi connectivity index (χ2v) is 4.17. The Morgan fingerprint density at radius 1 is 1.06 bits per heavy atom. The van der Waals surface area contributed by atoms with E-state index in [-0.39, 0.29) is 6.10 Å². The molecule has 1 heterocycles. The van der Waals surface area contributed by atoms with Gasteiger partial charge in [-0.3, -0.25) is 0 Å². The van der Waals surface area contributed by atoms with Gasteiger partial charge in [-0.1, -0.05) is 36.4 Å². The molecule has 1 fully saturated rings. The summed E-state index contributed by atoms with van der Waals surface area (Å²) >= 11 is 0. The average molecular weight is 213 g/mol. The predicted octanol–water partition coefficient (Wildman–Crippen LogP) is 2.50. The van der Waals surface area contributed by atoms with Gasteiger partial charge in [0.15, 0.2) is 0 Å². The highest BCUT2D eigenvalue weighted by Crippen LogP contribution is 2.23. The summed E-state index contributed by atoms with van der Waals surface area (Å²) in [6, 6.07) is 15.0. The molecule has 0 amide bonds. The zero-order valence-corrected chi connectivity index (χ0v) is 9.15. The number of hydrogen-bond acceptors (Lipinski definition) is 2. The Bertz CT molecular complexity index is 489. The quantitative estimate of drug-likeness (QED) is 0.786. The van der Waals surface area contributed by atoms with Gasteiger partial charge < -0.3 is 10.1 Å². The zero-order valence-electron chi connectivity index (χ0n) is 9.15. The van der Waals surface area contributed by atoms with Gasteiger partial charge in [0.1, 0.15) is 0 Å². The summed E-state index contributed by atoms with van der Waals surface area (Å²) in [6.45, 7) is 2.68. The highest BCUT2D eigenvalue weighted by molar-refractivity contribution is 5.83. The van der Waals surface area contributed by atoms with Crippen molar-refractivity contribution in [1.29, 1.82) is 0 Å². The molecule has 1 atom stereocenters. The van der Waals surface area contributed by atoms with Crippen LogP contribution in [0.4, 0.5) is 0 Å². The number of benzene rings is 2. The lowest BCUT2D eigenvalue weighted by atomic mass is 10.0. The van der Waals surface area contributed by atoms with E-state index in [2.05, 4.69) is 47.8 Å². The van der Waals surface area contributed by atoms with E-state index in [1.165, 1.54) is 16.3 Å². The van der Waals surface area contributed by atoms with Gasteiger partial charge in [0.25, 0.3) is 0 Å². The lowest BCUT2D eigenvalue weighted by Gasteiger charge is -2.24. The van der Waals surface area contributed by atoms with E-state index >= 15 is 0 Å². The Morgan fingerprint density at radius 3 is 2.75 bits per heavy atom. The van der Waals surface area contributed by atoms with Gasteiger partial charge in [0, 0.05) is 13.1 Å². The number of ether oxygens (including phenoxy) is 1. The minimum absolute atomic E-state index is 0.207. The molecule has 2 aromatic rings. The molecular weight excluding hydrogens is 198 g/mol. The topological polar surface area (TPSA) is 21.3 Å². The molecule has 0 spiro atoms. The molecule has 82 valence electrons. The number of hydrogen-bond donors (Lipinski definition) is 1. The zero-order chi connectivity index (χ0) is 10.8. The number of nitrogens with one attached hydrogen (secondary N) is 1. The van der Waals surface area contributed by atoms with Gasteiger partial charge in [0.05, 0.1) is 12.7 Å². The Labute approximate surface area is 95.2 Å². The van der Waals surface area contributed by atoms with Gasteiger partial charge in [-0.25, -0.2) is 0 Å². The highest BCUT2D eigenvalue weighted by atomic mass is 16.5. The molecule has 0 aromatic heterocycles. The summed E-state index contributed by atoms with van der Waals surface area (Å²) in [5, 5.41) is 5.93. The molecule has 2 nitrogen and oxygen atoms in total. The third-order valence-corrected chi connectivity index (χ3v) is 3.07. The predicted molar refractivity (Wildman–Crippen MR) is 65.5 cm³/mol. The third-order valence-electron chi connectivity index (χ3n) is 3.07. The van der Waals surface area contributed by atoms with Crippen molar-refractivity contribution in [2.45, 2.75) is 6.10 Å². The molecule has 2 heteroatoms. The van der Waals surface area contributed by atoms with Gasteiger partial charge in [-0.2, -0.15) is 0 Å². The smallest absolute Gasteiger partial charge is 0.0950 e. The molecule has 3 rings (SSSR count). The van der Waals surface area contributed by atoms with Gasteiger partial charge >= 0.3 is 0 Å². The molecule has 0 aliphatic carbocycles. The number of morpholine rings is 1. The largest absolute Gasteiger partial charge is 0.371 e. The fourth-order valence-electron chi connectivity index (χ4n) is 2.19. The van der Waals surface area contributed by atoms with E-state index in [0.717, 1.165) is 19.7 Å². The van der Waals surface area contributed by atoms with Crippen LogP contribution in [0.15, 0.2) is 42.5 Å². The summed E-state index contributed by atoms with van der Waals surface area (Å²) in [4.78, 5) is 0. The van der Waals surface area contributed by atoms with Gasteiger partial charge in [-0.15, -0.1) is 0 Å². The minimum Gasteiger partial charge on any atom is -0.371 e. The van der Waals surface area contributed by atoms with E-state index in [9.17, 15) is 0 Å². The first-order valence-electron chi connectivity index (χ1n) is 5.74. The van der Waals surface area contributed by atoms with Crippen molar-refractivity contribution >= 4 is 10.8 Å². The van der Waals surface area contributed by atoms with Crippen LogP contribution in [0.5, 0.6) is 0 Å². The van der Waals surface area contributed by atoms with Crippen molar-refractivity contribution in [2.75, 3.05) is 19.7 Å².